The molecule has 4 heterocycles. The SMILES string of the molecule is Cc1cc2c(-c3ccc(S(=O)(=O)N4CCCC4)nc3)ccnc2[nH]1. The number of aromatic amines is 1. The zero-order valence-corrected chi connectivity index (χ0v) is 14.2. The normalized spacial score (nSPS) is 16.0. The first kappa shape index (κ1) is 15.3. The number of aromatic nitrogens is 3. The minimum absolute atomic E-state index is 0.115. The van der Waals surface area contributed by atoms with Crippen molar-refractivity contribution in [3.63, 3.8) is 0 Å². The van der Waals surface area contributed by atoms with Crippen LogP contribution in [0.4, 0.5) is 0 Å². The molecule has 7 heteroatoms. The summed E-state index contributed by atoms with van der Waals surface area (Å²) in [7, 11) is -3.47. The van der Waals surface area contributed by atoms with Gasteiger partial charge in [-0.3, -0.25) is 0 Å². The molecule has 1 fully saturated rings. The molecule has 1 aliphatic rings. The zero-order chi connectivity index (χ0) is 16.7. The molecule has 3 aromatic rings. The van der Waals surface area contributed by atoms with Crippen molar-refractivity contribution in [2.45, 2.75) is 24.8 Å². The topological polar surface area (TPSA) is 79.0 Å². The van der Waals surface area contributed by atoms with Crippen LogP contribution < -0.4 is 0 Å². The predicted octanol–water partition coefficient (Wildman–Crippen LogP) is 2.72. The van der Waals surface area contributed by atoms with E-state index < -0.39 is 10.0 Å². The maximum absolute atomic E-state index is 12.5. The van der Waals surface area contributed by atoms with Crippen LogP contribution in [-0.2, 0) is 10.0 Å². The van der Waals surface area contributed by atoms with Gasteiger partial charge in [0.1, 0.15) is 5.65 Å². The molecule has 0 unspecified atom stereocenters. The highest BCUT2D eigenvalue weighted by Crippen LogP contribution is 2.28. The van der Waals surface area contributed by atoms with E-state index in [0.29, 0.717) is 13.1 Å². The van der Waals surface area contributed by atoms with Gasteiger partial charge in [0.2, 0.25) is 0 Å². The molecule has 3 aromatic heterocycles. The van der Waals surface area contributed by atoms with Gasteiger partial charge in [0.25, 0.3) is 10.0 Å². The molecule has 124 valence electrons. The lowest BCUT2D eigenvalue weighted by atomic mass is 10.1. The summed E-state index contributed by atoms with van der Waals surface area (Å²) >= 11 is 0. The number of hydrogen-bond donors (Lipinski definition) is 1. The van der Waals surface area contributed by atoms with Crippen LogP contribution in [0.15, 0.2) is 41.7 Å². The van der Waals surface area contributed by atoms with Crippen LogP contribution in [0.1, 0.15) is 18.5 Å². The van der Waals surface area contributed by atoms with Gasteiger partial charge in [0, 0.05) is 42.1 Å². The Kier molecular flexibility index (Phi) is 3.62. The zero-order valence-electron chi connectivity index (χ0n) is 13.4. The van der Waals surface area contributed by atoms with Crippen molar-refractivity contribution in [3.05, 3.63) is 42.4 Å². The Labute approximate surface area is 140 Å². The van der Waals surface area contributed by atoms with E-state index in [2.05, 4.69) is 15.0 Å². The second-order valence-corrected chi connectivity index (χ2v) is 7.95. The first-order valence-corrected chi connectivity index (χ1v) is 9.40. The third-order valence-corrected chi connectivity index (χ3v) is 6.20. The Morgan fingerprint density at radius 1 is 1.12 bits per heavy atom. The molecule has 0 aliphatic carbocycles. The fraction of sp³-hybridized carbons (Fsp3) is 0.294. The predicted molar refractivity (Wildman–Crippen MR) is 92.1 cm³/mol. The van der Waals surface area contributed by atoms with Crippen LogP contribution in [0.2, 0.25) is 0 Å². The Hall–Kier alpha value is -2.25. The molecule has 0 bridgehead atoms. The second kappa shape index (κ2) is 5.68. The molecule has 0 atom stereocenters. The molecule has 4 rings (SSSR count). The number of fused-ring (bicyclic) bond motifs is 1. The van der Waals surface area contributed by atoms with Gasteiger partial charge in [0.05, 0.1) is 0 Å². The van der Waals surface area contributed by atoms with Gasteiger partial charge >= 0.3 is 0 Å². The number of nitrogens with zero attached hydrogens (tertiary/aromatic N) is 3. The van der Waals surface area contributed by atoms with Crippen molar-refractivity contribution in [2.75, 3.05) is 13.1 Å². The van der Waals surface area contributed by atoms with E-state index in [1.165, 1.54) is 4.31 Å². The fourth-order valence-electron chi connectivity index (χ4n) is 3.16. The number of rotatable bonds is 3. The summed E-state index contributed by atoms with van der Waals surface area (Å²) in [6.45, 7) is 3.15. The molecule has 0 aromatic carbocycles. The van der Waals surface area contributed by atoms with Crippen molar-refractivity contribution in [1.82, 2.24) is 19.3 Å². The summed E-state index contributed by atoms with van der Waals surface area (Å²) in [5.41, 5.74) is 3.72. The van der Waals surface area contributed by atoms with E-state index in [0.717, 1.165) is 40.7 Å². The number of hydrogen-bond acceptors (Lipinski definition) is 4. The highest BCUT2D eigenvalue weighted by molar-refractivity contribution is 7.89. The number of aryl methyl sites for hydroxylation is 1. The Morgan fingerprint density at radius 3 is 2.62 bits per heavy atom. The van der Waals surface area contributed by atoms with Gasteiger partial charge in [0.15, 0.2) is 5.03 Å². The van der Waals surface area contributed by atoms with Crippen LogP contribution in [0, 0.1) is 6.92 Å². The molecule has 0 saturated carbocycles. The maximum Gasteiger partial charge on any atom is 0.260 e. The van der Waals surface area contributed by atoms with Gasteiger partial charge in [-0.15, -0.1) is 0 Å². The molecule has 0 radical (unpaired) electrons. The third-order valence-electron chi connectivity index (χ3n) is 4.38. The number of pyridine rings is 2. The minimum Gasteiger partial charge on any atom is -0.344 e. The quantitative estimate of drug-likeness (QED) is 0.794. The van der Waals surface area contributed by atoms with E-state index in [9.17, 15) is 8.42 Å². The van der Waals surface area contributed by atoms with Gasteiger partial charge < -0.3 is 4.98 Å². The van der Waals surface area contributed by atoms with Crippen LogP contribution in [0.25, 0.3) is 22.2 Å². The smallest absolute Gasteiger partial charge is 0.260 e. The van der Waals surface area contributed by atoms with E-state index in [1.54, 1.807) is 18.5 Å². The first-order chi connectivity index (χ1) is 11.6. The third kappa shape index (κ3) is 2.50. The van der Waals surface area contributed by atoms with Crippen molar-refractivity contribution < 1.29 is 8.42 Å². The monoisotopic (exact) mass is 342 g/mol. The second-order valence-electron chi connectivity index (χ2n) is 6.07. The Bertz CT molecular complexity index is 987. The molecular formula is C17H18N4O2S. The van der Waals surface area contributed by atoms with Gasteiger partial charge in [-0.05, 0) is 49.6 Å². The molecule has 1 N–H and O–H groups in total. The van der Waals surface area contributed by atoms with Crippen LogP contribution in [0.5, 0.6) is 0 Å². The summed E-state index contributed by atoms with van der Waals surface area (Å²) in [6, 6.07) is 7.36. The lowest BCUT2D eigenvalue weighted by molar-refractivity contribution is 0.474. The number of H-pyrrole nitrogens is 1. The average Bonchev–Trinajstić information content (AvgIpc) is 3.23. The standard InChI is InChI=1S/C17H18N4O2S/c1-12-10-15-14(6-7-18-17(15)20-12)13-4-5-16(19-11-13)24(22,23)21-8-2-3-9-21/h4-7,10-11H,2-3,8-9H2,1H3,(H,18,20). The molecule has 6 nitrogen and oxygen atoms in total. The summed E-state index contributed by atoms with van der Waals surface area (Å²) in [4.78, 5) is 11.8. The first-order valence-electron chi connectivity index (χ1n) is 7.96. The molecule has 1 saturated heterocycles. The molecule has 1 aliphatic heterocycles. The van der Waals surface area contributed by atoms with Crippen molar-refractivity contribution in [3.8, 4) is 11.1 Å². The highest BCUT2D eigenvalue weighted by atomic mass is 32.2. The Balaban J connectivity index is 1.73. The fourth-order valence-corrected chi connectivity index (χ4v) is 4.59. The molecule has 24 heavy (non-hydrogen) atoms. The summed E-state index contributed by atoms with van der Waals surface area (Å²) in [6.07, 6.45) is 5.20. The van der Waals surface area contributed by atoms with Crippen molar-refractivity contribution in [2.24, 2.45) is 0 Å². The lowest BCUT2D eigenvalue weighted by Gasteiger charge is -2.14. The average molecular weight is 342 g/mol. The summed E-state index contributed by atoms with van der Waals surface area (Å²) < 4.78 is 26.6. The number of nitrogens with one attached hydrogen (secondary N) is 1. The van der Waals surface area contributed by atoms with Crippen molar-refractivity contribution in [1.29, 1.82) is 0 Å². The van der Waals surface area contributed by atoms with E-state index in [1.807, 2.05) is 25.1 Å². The van der Waals surface area contributed by atoms with Gasteiger partial charge in [-0.1, -0.05) is 0 Å². The maximum atomic E-state index is 12.5. The summed E-state index contributed by atoms with van der Waals surface area (Å²) in [5, 5.41) is 1.12. The van der Waals surface area contributed by atoms with E-state index >= 15 is 0 Å². The molecular weight excluding hydrogens is 324 g/mol. The van der Waals surface area contributed by atoms with Crippen LogP contribution in [0.3, 0.4) is 0 Å². The highest BCUT2D eigenvalue weighted by Gasteiger charge is 2.28. The minimum atomic E-state index is -3.47. The number of sulfonamides is 1. The van der Waals surface area contributed by atoms with Gasteiger partial charge in [-0.2, -0.15) is 4.31 Å². The molecule has 0 amide bonds. The van der Waals surface area contributed by atoms with Gasteiger partial charge in [-0.25, -0.2) is 18.4 Å². The van der Waals surface area contributed by atoms with E-state index in [-0.39, 0.29) is 5.03 Å². The van der Waals surface area contributed by atoms with Crippen LogP contribution in [-0.4, -0.2) is 40.8 Å². The molecule has 0 spiro atoms. The van der Waals surface area contributed by atoms with Crippen molar-refractivity contribution >= 4 is 21.1 Å². The summed E-state index contributed by atoms with van der Waals surface area (Å²) in [5.74, 6) is 0. The largest absolute Gasteiger partial charge is 0.344 e. The van der Waals surface area contributed by atoms with Crippen LogP contribution >= 0.6 is 0 Å². The van der Waals surface area contributed by atoms with E-state index in [4.69, 9.17) is 0 Å². The lowest BCUT2D eigenvalue weighted by Crippen LogP contribution is -2.28. The Morgan fingerprint density at radius 2 is 1.92 bits per heavy atom.